The van der Waals surface area contributed by atoms with Crippen LogP contribution in [0.15, 0.2) is 200 Å². The molecule has 0 radical (unpaired) electrons. The summed E-state index contributed by atoms with van der Waals surface area (Å²) in [4.78, 5) is 9.49. The molecule has 0 bridgehead atoms. The molecular formula is C66H60N4O. The first-order valence-electron chi connectivity index (χ1n) is 26.9. The quantitative estimate of drug-likeness (QED) is 0.152. The van der Waals surface area contributed by atoms with Gasteiger partial charge >= 0.3 is 0 Å². The molecule has 71 heavy (non-hydrogen) atoms. The number of para-hydroxylation sites is 4. The zero-order valence-corrected chi connectivity index (χ0v) is 41.6. The van der Waals surface area contributed by atoms with Gasteiger partial charge in [-0.1, -0.05) is 170 Å². The minimum atomic E-state index is -0.207. The van der Waals surface area contributed by atoms with Crippen LogP contribution in [-0.2, 0) is 16.2 Å². The Morgan fingerprint density at radius 2 is 1.23 bits per heavy atom. The highest BCUT2D eigenvalue weighted by Gasteiger charge is 2.38. The molecule has 0 spiro atoms. The molecule has 5 heteroatoms. The average molecular weight is 929 g/mol. The average Bonchev–Trinajstić information content (AvgIpc) is 3.96. The van der Waals surface area contributed by atoms with Gasteiger partial charge in [-0.15, -0.1) is 0 Å². The molecular weight excluding hydrogens is 865 g/mol. The number of fused-ring (bicyclic) bond motifs is 5. The van der Waals surface area contributed by atoms with Crippen molar-refractivity contribution in [3.63, 3.8) is 0 Å². The molecule has 350 valence electrons. The van der Waals surface area contributed by atoms with Crippen LogP contribution in [0.2, 0.25) is 0 Å². The minimum absolute atomic E-state index is 0.0280. The molecule has 2 aliphatic rings. The Hall–Kier alpha value is -7.89. The number of benzene rings is 8. The van der Waals surface area contributed by atoms with Crippen molar-refractivity contribution in [2.45, 2.75) is 77.6 Å². The smallest absolute Gasteiger partial charge is 0.137 e. The van der Waals surface area contributed by atoms with E-state index in [1.54, 1.807) is 0 Å². The van der Waals surface area contributed by atoms with Crippen LogP contribution in [0, 0.1) is 0 Å². The minimum Gasteiger partial charge on any atom is -0.457 e. The first kappa shape index (κ1) is 39.9. The van der Waals surface area contributed by atoms with Gasteiger partial charge in [-0.25, -0.2) is 4.98 Å². The third-order valence-corrected chi connectivity index (χ3v) is 15.0. The number of anilines is 4. The van der Waals surface area contributed by atoms with Crippen molar-refractivity contribution in [1.82, 2.24) is 9.55 Å². The van der Waals surface area contributed by atoms with Crippen LogP contribution < -0.4 is 14.5 Å². The largest absolute Gasteiger partial charge is 0.457 e. The van der Waals surface area contributed by atoms with E-state index in [0.717, 1.165) is 74.3 Å². The van der Waals surface area contributed by atoms with E-state index in [-0.39, 0.29) is 40.4 Å². The highest BCUT2D eigenvalue weighted by atomic mass is 16.5. The maximum absolute atomic E-state index is 9.89. The Kier molecular flexibility index (Phi) is 9.50. The van der Waals surface area contributed by atoms with Gasteiger partial charge in [0.1, 0.15) is 24.0 Å². The van der Waals surface area contributed by atoms with Crippen LogP contribution >= 0.6 is 0 Å². The fourth-order valence-corrected chi connectivity index (χ4v) is 11.0. The van der Waals surface area contributed by atoms with Gasteiger partial charge in [-0.05, 0) is 129 Å². The highest BCUT2D eigenvalue weighted by Crippen LogP contribution is 2.53. The molecule has 10 aromatic rings. The van der Waals surface area contributed by atoms with Gasteiger partial charge in [0, 0.05) is 45.9 Å². The van der Waals surface area contributed by atoms with Crippen LogP contribution in [-0.4, -0.2) is 16.2 Å². The first-order valence-corrected chi connectivity index (χ1v) is 24.9. The Balaban J connectivity index is 0.986. The summed E-state index contributed by atoms with van der Waals surface area (Å²) in [6.45, 7) is 16.5. The van der Waals surface area contributed by atoms with Gasteiger partial charge in [0.05, 0.1) is 33.6 Å². The van der Waals surface area contributed by atoms with E-state index < -0.39 is 0 Å². The predicted octanol–water partition coefficient (Wildman–Crippen LogP) is 17.9. The standard InChI is InChI=1S/C66H60N4O/c1-64(2,3)48-34-37-67-62(40-48)70-58-27-12-11-24-54(58)55-32-31-51(42-61(55)70)71-50-23-16-22-49(41-50)68-43-69(60-29-14-13-28-59(60)68)63-52(46-21-15-20-45(38-46)44-18-9-8-10-19-44)25-17-26-53(63)47-30-33-56-57(39-47)66(6,7)36-35-65(56,4)5/h8-34,37-42H,35-36,43H2,1-7H3/i15D,20D,21D,38D. The SMILES string of the molecule is [2H]c1c([2H])c(-c2ccccc2)c([2H])c(-c2cccc(-c3ccc4c(c3)C(C)(C)CCC4(C)C)c2N2CN(c3cccc(Oc4ccc5c6ccccc6n(-c6cc(C(C)(C)C)ccn6)c5c4)c3)c3ccccc32)c1[2H]. The molecule has 1 aliphatic carbocycles. The van der Waals surface area contributed by atoms with Crippen LogP contribution in [0.4, 0.5) is 22.7 Å². The molecule has 0 unspecified atom stereocenters. The van der Waals surface area contributed by atoms with Crippen LogP contribution in [0.3, 0.4) is 0 Å². The number of hydrogen-bond acceptors (Lipinski definition) is 4. The second-order valence-electron chi connectivity index (χ2n) is 21.6. The summed E-state index contributed by atoms with van der Waals surface area (Å²) in [6, 6.07) is 57.8. The molecule has 3 heterocycles. The lowest BCUT2D eigenvalue weighted by molar-refractivity contribution is 0.332. The van der Waals surface area contributed by atoms with E-state index >= 15 is 0 Å². The Labute approximate surface area is 424 Å². The first-order chi connectivity index (χ1) is 36.0. The topological polar surface area (TPSA) is 33.5 Å². The van der Waals surface area contributed by atoms with Crippen LogP contribution in [0.25, 0.3) is 61.0 Å². The van der Waals surface area contributed by atoms with Gasteiger partial charge in [-0.2, -0.15) is 0 Å². The summed E-state index contributed by atoms with van der Waals surface area (Å²) in [5, 5.41) is 2.26. The molecule has 0 N–H and O–H groups in total. The molecule has 0 saturated carbocycles. The second-order valence-corrected chi connectivity index (χ2v) is 21.6. The van der Waals surface area contributed by atoms with Crippen molar-refractivity contribution in [2.24, 2.45) is 0 Å². The Morgan fingerprint density at radius 3 is 2.03 bits per heavy atom. The van der Waals surface area contributed by atoms with Crippen molar-refractivity contribution >= 4 is 44.6 Å². The fourth-order valence-electron chi connectivity index (χ4n) is 11.0. The lowest BCUT2D eigenvalue weighted by Gasteiger charge is -2.42. The van der Waals surface area contributed by atoms with Gasteiger partial charge in [-0.3, -0.25) is 4.57 Å². The summed E-state index contributed by atoms with van der Waals surface area (Å²) in [5.74, 6) is 2.25. The summed E-state index contributed by atoms with van der Waals surface area (Å²) in [5.41, 5.74) is 13.6. The molecule has 0 amide bonds. The van der Waals surface area contributed by atoms with Crippen LogP contribution in [0.1, 0.15) is 83.5 Å². The van der Waals surface area contributed by atoms with E-state index in [1.807, 2.05) is 66.9 Å². The maximum Gasteiger partial charge on any atom is 0.137 e. The van der Waals surface area contributed by atoms with Crippen molar-refractivity contribution in [2.75, 3.05) is 16.5 Å². The molecule has 0 fully saturated rings. The van der Waals surface area contributed by atoms with Crippen molar-refractivity contribution < 1.29 is 10.2 Å². The summed E-state index contributed by atoms with van der Waals surface area (Å²) < 4.78 is 46.8. The monoisotopic (exact) mass is 929 g/mol. The van der Waals surface area contributed by atoms with Gasteiger partial charge in [0.2, 0.25) is 0 Å². The second kappa shape index (κ2) is 16.9. The number of hydrogen-bond donors (Lipinski definition) is 0. The van der Waals surface area contributed by atoms with E-state index in [1.165, 1.54) is 16.7 Å². The molecule has 0 atom stereocenters. The molecule has 12 rings (SSSR count). The summed E-state index contributed by atoms with van der Waals surface area (Å²) in [6.07, 6.45) is 4.08. The van der Waals surface area contributed by atoms with E-state index in [9.17, 15) is 4.11 Å². The lowest BCUT2D eigenvalue weighted by Crippen LogP contribution is -2.33. The van der Waals surface area contributed by atoms with Gasteiger partial charge < -0.3 is 14.5 Å². The summed E-state index contributed by atoms with van der Waals surface area (Å²) >= 11 is 0. The third-order valence-electron chi connectivity index (χ3n) is 15.0. The lowest BCUT2D eigenvalue weighted by atomic mass is 9.63. The van der Waals surface area contributed by atoms with Crippen molar-refractivity contribution in [3.05, 3.63) is 217 Å². The molecule has 0 saturated heterocycles. The predicted molar refractivity (Wildman–Crippen MR) is 297 cm³/mol. The zero-order chi connectivity index (χ0) is 52.1. The van der Waals surface area contributed by atoms with Crippen molar-refractivity contribution in [1.29, 1.82) is 0 Å². The Morgan fingerprint density at radius 1 is 0.549 bits per heavy atom. The number of nitrogens with zero attached hydrogens (tertiary/aromatic N) is 4. The number of rotatable bonds is 8. The molecule has 2 aromatic heterocycles. The van der Waals surface area contributed by atoms with E-state index in [4.69, 9.17) is 11.1 Å². The van der Waals surface area contributed by atoms with Gasteiger partial charge in [0.15, 0.2) is 0 Å². The normalized spacial score (nSPS) is 15.8. The number of ether oxygens (including phenoxy) is 1. The van der Waals surface area contributed by atoms with E-state index in [2.05, 4.69) is 172 Å². The summed E-state index contributed by atoms with van der Waals surface area (Å²) in [7, 11) is 0. The fraction of sp³-hybridized carbons (Fsp3) is 0.197. The Bertz CT molecular complexity index is 3910. The van der Waals surface area contributed by atoms with Crippen LogP contribution in [0.5, 0.6) is 11.5 Å². The molecule has 1 aliphatic heterocycles. The maximum atomic E-state index is 9.89. The third kappa shape index (κ3) is 7.85. The highest BCUT2D eigenvalue weighted by molar-refractivity contribution is 6.09. The van der Waals surface area contributed by atoms with E-state index in [0.29, 0.717) is 40.4 Å². The zero-order valence-electron chi connectivity index (χ0n) is 45.6. The van der Waals surface area contributed by atoms with Gasteiger partial charge in [0.25, 0.3) is 0 Å². The number of pyridine rings is 1. The molecule has 5 nitrogen and oxygen atoms in total. The molecule has 8 aromatic carbocycles. The number of aromatic nitrogens is 2. The van der Waals surface area contributed by atoms with Crippen molar-refractivity contribution in [3.8, 4) is 50.7 Å².